The Hall–Kier alpha value is -2.62. The zero-order valence-electron chi connectivity index (χ0n) is 14.7. The van der Waals surface area contributed by atoms with Gasteiger partial charge in [0.2, 0.25) is 11.8 Å². The van der Waals surface area contributed by atoms with E-state index in [0.717, 1.165) is 11.3 Å². The molecule has 4 heteroatoms. The Morgan fingerprint density at radius 2 is 1.56 bits per heavy atom. The van der Waals surface area contributed by atoms with Gasteiger partial charge in [0.25, 0.3) is 0 Å². The van der Waals surface area contributed by atoms with Crippen LogP contribution in [0.4, 0.5) is 5.69 Å². The standard InChI is InChI=1S/C21H24N2O2/c1-16(2)22-19(24)21(13-14-21)20(25)23(18-11-7-4-8-12-18)15-17-9-5-3-6-10-17/h3-12,16H,13-15H2,1-2H3,(H,22,24). The fraction of sp³-hybridized carbons (Fsp3) is 0.333. The molecule has 0 atom stereocenters. The average molecular weight is 336 g/mol. The lowest BCUT2D eigenvalue weighted by atomic mass is 10.0. The van der Waals surface area contributed by atoms with Gasteiger partial charge in [0.15, 0.2) is 0 Å². The number of hydrogen-bond acceptors (Lipinski definition) is 2. The summed E-state index contributed by atoms with van der Waals surface area (Å²) in [4.78, 5) is 27.7. The van der Waals surface area contributed by atoms with Gasteiger partial charge in [-0.05, 0) is 44.4 Å². The van der Waals surface area contributed by atoms with Gasteiger partial charge in [-0.1, -0.05) is 48.5 Å². The number of rotatable bonds is 6. The van der Waals surface area contributed by atoms with Crippen LogP contribution in [-0.4, -0.2) is 17.9 Å². The number of carbonyl (C=O) groups excluding carboxylic acids is 2. The van der Waals surface area contributed by atoms with Gasteiger partial charge in [-0.2, -0.15) is 0 Å². The summed E-state index contributed by atoms with van der Waals surface area (Å²) >= 11 is 0. The van der Waals surface area contributed by atoms with E-state index < -0.39 is 5.41 Å². The third-order valence-electron chi connectivity index (χ3n) is 4.51. The van der Waals surface area contributed by atoms with E-state index in [9.17, 15) is 9.59 Å². The van der Waals surface area contributed by atoms with Crippen molar-refractivity contribution in [3.05, 3.63) is 66.2 Å². The van der Waals surface area contributed by atoms with Crippen LogP contribution in [0.1, 0.15) is 32.3 Å². The van der Waals surface area contributed by atoms with Crippen molar-refractivity contribution in [1.29, 1.82) is 0 Å². The fourth-order valence-corrected chi connectivity index (χ4v) is 2.98. The molecule has 0 aliphatic heterocycles. The highest BCUT2D eigenvalue weighted by Gasteiger charge is 2.58. The first-order chi connectivity index (χ1) is 12.0. The smallest absolute Gasteiger partial charge is 0.242 e. The van der Waals surface area contributed by atoms with E-state index in [1.165, 1.54) is 0 Å². The van der Waals surface area contributed by atoms with Crippen LogP contribution in [0.5, 0.6) is 0 Å². The lowest BCUT2D eigenvalue weighted by molar-refractivity contribution is -0.136. The van der Waals surface area contributed by atoms with E-state index in [2.05, 4.69) is 5.32 Å². The molecule has 1 fully saturated rings. The number of para-hydroxylation sites is 1. The van der Waals surface area contributed by atoms with E-state index >= 15 is 0 Å². The second-order valence-corrected chi connectivity index (χ2v) is 6.92. The first-order valence-electron chi connectivity index (χ1n) is 8.75. The van der Waals surface area contributed by atoms with Crippen molar-refractivity contribution in [1.82, 2.24) is 5.32 Å². The molecule has 25 heavy (non-hydrogen) atoms. The highest BCUT2D eigenvalue weighted by atomic mass is 16.2. The molecular weight excluding hydrogens is 312 g/mol. The SMILES string of the molecule is CC(C)NC(=O)C1(C(=O)N(Cc2ccccc2)c2ccccc2)CC1. The van der Waals surface area contributed by atoms with Crippen LogP contribution in [-0.2, 0) is 16.1 Å². The maximum absolute atomic E-state index is 13.3. The highest BCUT2D eigenvalue weighted by molar-refractivity contribution is 6.14. The quantitative estimate of drug-likeness (QED) is 0.821. The Labute approximate surface area is 148 Å². The molecule has 2 amide bonds. The molecule has 0 heterocycles. The van der Waals surface area contributed by atoms with E-state index in [0.29, 0.717) is 19.4 Å². The molecule has 1 saturated carbocycles. The van der Waals surface area contributed by atoms with Crippen molar-refractivity contribution in [2.75, 3.05) is 4.90 Å². The molecule has 0 bridgehead atoms. The molecular formula is C21H24N2O2. The Kier molecular flexibility index (Phi) is 4.88. The average Bonchev–Trinajstić information content (AvgIpc) is 3.42. The van der Waals surface area contributed by atoms with Crippen LogP contribution < -0.4 is 10.2 Å². The number of carbonyl (C=O) groups is 2. The van der Waals surface area contributed by atoms with Gasteiger partial charge in [0.1, 0.15) is 5.41 Å². The van der Waals surface area contributed by atoms with Gasteiger partial charge < -0.3 is 10.2 Å². The lowest BCUT2D eigenvalue weighted by Crippen LogP contribution is -2.46. The Morgan fingerprint density at radius 3 is 2.08 bits per heavy atom. The third-order valence-corrected chi connectivity index (χ3v) is 4.51. The van der Waals surface area contributed by atoms with Crippen LogP contribution in [0.25, 0.3) is 0 Å². The fourth-order valence-electron chi connectivity index (χ4n) is 2.98. The normalized spacial score (nSPS) is 14.8. The molecule has 2 aromatic rings. The molecule has 0 unspecified atom stereocenters. The summed E-state index contributed by atoms with van der Waals surface area (Å²) in [6.07, 6.45) is 1.23. The van der Waals surface area contributed by atoms with Gasteiger partial charge >= 0.3 is 0 Å². The van der Waals surface area contributed by atoms with Crippen molar-refractivity contribution in [3.8, 4) is 0 Å². The summed E-state index contributed by atoms with van der Waals surface area (Å²) in [6.45, 7) is 4.29. The van der Waals surface area contributed by atoms with Crippen LogP contribution in [0, 0.1) is 5.41 Å². The van der Waals surface area contributed by atoms with Crippen LogP contribution in [0.15, 0.2) is 60.7 Å². The maximum atomic E-state index is 13.3. The number of amides is 2. The Bertz CT molecular complexity index is 737. The zero-order valence-corrected chi connectivity index (χ0v) is 14.7. The van der Waals surface area contributed by atoms with E-state index in [-0.39, 0.29) is 17.9 Å². The van der Waals surface area contributed by atoms with Crippen molar-refractivity contribution in [2.24, 2.45) is 5.41 Å². The molecule has 1 aliphatic carbocycles. The summed E-state index contributed by atoms with van der Waals surface area (Å²) in [5.41, 5.74) is 0.953. The first-order valence-corrected chi connectivity index (χ1v) is 8.75. The lowest BCUT2D eigenvalue weighted by Gasteiger charge is -2.27. The van der Waals surface area contributed by atoms with Crippen LogP contribution in [0.3, 0.4) is 0 Å². The molecule has 0 spiro atoms. The summed E-state index contributed by atoms with van der Waals surface area (Å²) in [5, 5.41) is 2.91. The van der Waals surface area contributed by atoms with Gasteiger partial charge in [-0.3, -0.25) is 9.59 Å². The maximum Gasteiger partial charge on any atom is 0.242 e. The minimum atomic E-state index is -0.908. The molecule has 0 radical (unpaired) electrons. The minimum Gasteiger partial charge on any atom is -0.353 e. The molecule has 3 rings (SSSR count). The summed E-state index contributed by atoms with van der Waals surface area (Å²) in [6, 6.07) is 19.5. The number of anilines is 1. The van der Waals surface area contributed by atoms with E-state index in [1.807, 2.05) is 74.5 Å². The zero-order chi connectivity index (χ0) is 17.9. The number of benzene rings is 2. The van der Waals surface area contributed by atoms with Gasteiger partial charge in [0.05, 0.1) is 6.54 Å². The molecule has 2 aromatic carbocycles. The number of nitrogens with one attached hydrogen (secondary N) is 1. The Morgan fingerprint density at radius 1 is 1.00 bits per heavy atom. The van der Waals surface area contributed by atoms with E-state index in [1.54, 1.807) is 4.90 Å². The predicted molar refractivity (Wildman–Crippen MR) is 99.0 cm³/mol. The molecule has 1 aliphatic rings. The van der Waals surface area contributed by atoms with Gasteiger partial charge in [-0.25, -0.2) is 0 Å². The second kappa shape index (κ2) is 7.09. The summed E-state index contributed by atoms with van der Waals surface area (Å²) in [7, 11) is 0. The van der Waals surface area contributed by atoms with Gasteiger partial charge in [0, 0.05) is 11.7 Å². The minimum absolute atomic E-state index is 0.0251. The monoisotopic (exact) mass is 336 g/mol. The van der Waals surface area contributed by atoms with Crippen molar-refractivity contribution >= 4 is 17.5 Å². The third kappa shape index (κ3) is 3.73. The largest absolute Gasteiger partial charge is 0.353 e. The Balaban J connectivity index is 1.89. The van der Waals surface area contributed by atoms with E-state index in [4.69, 9.17) is 0 Å². The molecule has 130 valence electrons. The molecule has 4 nitrogen and oxygen atoms in total. The predicted octanol–water partition coefficient (Wildman–Crippen LogP) is 3.52. The van der Waals surface area contributed by atoms with Crippen LogP contribution >= 0.6 is 0 Å². The summed E-state index contributed by atoms with van der Waals surface area (Å²) in [5.74, 6) is -0.262. The van der Waals surface area contributed by atoms with Crippen molar-refractivity contribution in [3.63, 3.8) is 0 Å². The molecule has 0 aromatic heterocycles. The number of nitrogens with zero attached hydrogens (tertiary/aromatic N) is 1. The second-order valence-electron chi connectivity index (χ2n) is 6.92. The van der Waals surface area contributed by atoms with Crippen molar-refractivity contribution < 1.29 is 9.59 Å². The highest BCUT2D eigenvalue weighted by Crippen LogP contribution is 2.48. The topological polar surface area (TPSA) is 49.4 Å². The molecule has 1 N–H and O–H groups in total. The van der Waals surface area contributed by atoms with Crippen LogP contribution in [0.2, 0.25) is 0 Å². The van der Waals surface area contributed by atoms with Crippen molar-refractivity contribution in [2.45, 2.75) is 39.3 Å². The van der Waals surface area contributed by atoms with Gasteiger partial charge in [-0.15, -0.1) is 0 Å². The first kappa shape index (κ1) is 17.2. The summed E-state index contributed by atoms with van der Waals surface area (Å²) < 4.78 is 0. The molecule has 0 saturated heterocycles. The number of hydrogen-bond donors (Lipinski definition) is 1.